The van der Waals surface area contributed by atoms with Crippen LogP contribution in [0.15, 0.2) is 72.6 Å². The van der Waals surface area contributed by atoms with E-state index in [-0.39, 0.29) is 37.3 Å². The third kappa shape index (κ3) is 7.43. The number of thiophene rings is 1. The Morgan fingerprint density at radius 1 is 1.03 bits per heavy atom. The van der Waals surface area contributed by atoms with Crippen LogP contribution >= 0.6 is 22.9 Å². The van der Waals surface area contributed by atoms with Crippen molar-refractivity contribution in [3.63, 3.8) is 0 Å². The zero-order chi connectivity index (χ0) is 24.5. The van der Waals surface area contributed by atoms with E-state index in [1.165, 1.54) is 17.0 Å². The molecule has 0 aliphatic rings. The minimum atomic E-state index is -0.336. The van der Waals surface area contributed by atoms with E-state index in [9.17, 15) is 14.0 Å². The summed E-state index contributed by atoms with van der Waals surface area (Å²) in [4.78, 5) is 30.3. The molecule has 8 heteroatoms. The second-order valence-corrected chi connectivity index (χ2v) is 9.15. The highest BCUT2D eigenvalue weighted by Gasteiger charge is 2.22. The number of carbonyl (C=O) groups excluding carboxylic acids is 2. The summed E-state index contributed by atoms with van der Waals surface area (Å²) in [5.41, 5.74) is 1.90. The second kappa shape index (κ2) is 12.3. The fraction of sp³-hybridized carbons (Fsp3) is 0.231. The van der Waals surface area contributed by atoms with E-state index in [1.54, 1.807) is 58.7 Å². The Bertz CT molecular complexity index is 1120. The number of hydrogen-bond donors (Lipinski definition) is 0. The lowest BCUT2D eigenvalue weighted by molar-refractivity contribution is -0.141. The number of rotatable bonds is 11. The maximum Gasteiger partial charge on any atom is 0.261 e. The number of ether oxygens (including phenoxy) is 1. The molecule has 1 heterocycles. The summed E-state index contributed by atoms with van der Waals surface area (Å²) in [6, 6.07) is 14.7. The van der Waals surface area contributed by atoms with Gasteiger partial charge in [0, 0.05) is 23.0 Å². The molecule has 0 spiro atoms. The first kappa shape index (κ1) is 25.5. The lowest BCUT2D eigenvalue weighted by Gasteiger charge is -2.27. The van der Waals surface area contributed by atoms with Gasteiger partial charge in [-0.2, -0.15) is 0 Å². The number of hydrogen-bond acceptors (Lipinski definition) is 4. The number of nitrogens with zero attached hydrogens (tertiary/aromatic N) is 2. The molecule has 3 aromatic rings. The summed E-state index contributed by atoms with van der Waals surface area (Å²) < 4.78 is 18.9. The van der Waals surface area contributed by atoms with Crippen molar-refractivity contribution in [3.05, 3.63) is 99.5 Å². The lowest BCUT2D eigenvalue weighted by Crippen LogP contribution is -2.44. The van der Waals surface area contributed by atoms with E-state index in [2.05, 4.69) is 6.58 Å². The van der Waals surface area contributed by atoms with Crippen molar-refractivity contribution in [1.82, 2.24) is 9.80 Å². The van der Waals surface area contributed by atoms with Gasteiger partial charge in [-0.25, -0.2) is 4.39 Å². The Hall–Kier alpha value is -3.16. The number of halogens is 2. The summed E-state index contributed by atoms with van der Waals surface area (Å²) in [6.45, 7) is 6.26. The van der Waals surface area contributed by atoms with Gasteiger partial charge in [0.15, 0.2) is 6.61 Å². The molecular formula is C26H26ClFN2O3S. The highest BCUT2D eigenvalue weighted by atomic mass is 35.5. The van der Waals surface area contributed by atoms with Gasteiger partial charge in [-0.15, -0.1) is 17.9 Å². The summed E-state index contributed by atoms with van der Waals surface area (Å²) in [5.74, 6) is -0.385. The first-order valence-corrected chi connectivity index (χ1v) is 11.9. The standard InChI is InChI=1S/C26H26ClFN2O3S/c1-3-13-29(26(32)18-33-23-10-6-21(27)7-11-23)17-25(31)30(16-24-19(2)12-14-34-24)15-20-4-8-22(28)9-5-20/h3-12,14H,1,13,15-18H2,2H3. The van der Waals surface area contributed by atoms with E-state index in [0.29, 0.717) is 23.9 Å². The molecule has 0 saturated heterocycles. The Kier molecular flexibility index (Phi) is 9.24. The van der Waals surface area contributed by atoms with Crippen molar-refractivity contribution in [2.24, 2.45) is 0 Å². The monoisotopic (exact) mass is 500 g/mol. The second-order valence-electron chi connectivity index (χ2n) is 7.71. The molecule has 0 radical (unpaired) electrons. The summed E-state index contributed by atoms with van der Waals surface area (Å²) in [6.07, 6.45) is 1.57. The molecule has 0 saturated carbocycles. The van der Waals surface area contributed by atoms with Crippen LogP contribution in [0.2, 0.25) is 5.02 Å². The van der Waals surface area contributed by atoms with E-state index in [0.717, 1.165) is 16.0 Å². The minimum Gasteiger partial charge on any atom is -0.484 e. The number of amides is 2. The van der Waals surface area contributed by atoms with Gasteiger partial charge in [-0.3, -0.25) is 9.59 Å². The highest BCUT2D eigenvalue weighted by molar-refractivity contribution is 7.10. The first-order chi connectivity index (χ1) is 16.4. The molecule has 178 valence electrons. The molecule has 0 unspecified atom stereocenters. The molecule has 2 amide bonds. The van der Waals surface area contributed by atoms with Crippen LogP contribution in [0.5, 0.6) is 5.75 Å². The smallest absolute Gasteiger partial charge is 0.261 e. The molecule has 0 bridgehead atoms. The summed E-state index contributed by atoms with van der Waals surface area (Å²) in [7, 11) is 0. The summed E-state index contributed by atoms with van der Waals surface area (Å²) in [5, 5.41) is 2.55. The molecule has 5 nitrogen and oxygen atoms in total. The molecular weight excluding hydrogens is 475 g/mol. The van der Waals surface area contributed by atoms with E-state index < -0.39 is 0 Å². The maximum absolute atomic E-state index is 13.4. The first-order valence-electron chi connectivity index (χ1n) is 10.7. The Balaban J connectivity index is 1.70. The van der Waals surface area contributed by atoms with Gasteiger partial charge >= 0.3 is 0 Å². The van der Waals surface area contributed by atoms with Crippen molar-refractivity contribution in [1.29, 1.82) is 0 Å². The lowest BCUT2D eigenvalue weighted by atomic mass is 10.2. The average Bonchev–Trinajstić information content (AvgIpc) is 3.23. The van der Waals surface area contributed by atoms with Gasteiger partial charge in [0.25, 0.3) is 5.91 Å². The topological polar surface area (TPSA) is 49.9 Å². The number of carbonyl (C=O) groups is 2. The van der Waals surface area contributed by atoms with Gasteiger partial charge in [0.1, 0.15) is 18.1 Å². The van der Waals surface area contributed by atoms with E-state index in [4.69, 9.17) is 16.3 Å². The third-order valence-electron chi connectivity index (χ3n) is 5.15. The van der Waals surface area contributed by atoms with Crippen LogP contribution in [0, 0.1) is 12.7 Å². The van der Waals surface area contributed by atoms with Gasteiger partial charge in [-0.05, 0) is 65.9 Å². The third-order valence-corrected chi connectivity index (χ3v) is 6.41. The average molecular weight is 501 g/mol. The normalized spacial score (nSPS) is 10.6. The molecule has 0 fully saturated rings. The van der Waals surface area contributed by atoms with Crippen LogP contribution in [0.3, 0.4) is 0 Å². The molecule has 0 aliphatic heterocycles. The van der Waals surface area contributed by atoms with Crippen molar-refractivity contribution in [2.45, 2.75) is 20.0 Å². The Morgan fingerprint density at radius 2 is 1.74 bits per heavy atom. The molecule has 1 aromatic heterocycles. The van der Waals surface area contributed by atoms with Crippen LogP contribution < -0.4 is 4.74 Å². The van der Waals surface area contributed by atoms with Crippen LogP contribution in [0.4, 0.5) is 4.39 Å². The van der Waals surface area contributed by atoms with Crippen molar-refractivity contribution >= 4 is 34.8 Å². The number of aryl methyl sites for hydroxylation is 1. The fourth-order valence-corrected chi connectivity index (χ4v) is 4.27. The predicted molar refractivity (Wildman–Crippen MR) is 133 cm³/mol. The molecule has 2 aromatic carbocycles. The highest BCUT2D eigenvalue weighted by Crippen LogP contribution is 2.20. The Labute approximate surface area is 208 Å². The molecule has 0 N–H and O–H groups in total. The number of benzene rings is 2. The minimum absolute atomic E-state index is 0.125. The quantitative estimate of drug-likeness (QED) is 0.328. The zero-order valence-electron chi connectivity index (χ0n) is 18.9. The van der Waals surface area contributed by atoms with Gasteiger partial charge in [0.2, 0.25) is 5.91 Å². The largest absolute Gasteiger partial charge is 0.484 e. The van der Waals surface area contributed by atoms with E-state index >= 15 is 0 Å². The Morgan fingerprint density at radius 3 is 2.35 bits per heavy atom. The molecule has 0 aliphatic carbocycles. The molecule has 3 rings (SSSR count). The fourth-order valence-electron chi connectivity index (χ4n) is 3.22. The molecule has 34 heavy (non-hydrogen) atoms. The van der Waals surface area contributed by atoms with Crippen LogP contribution in [0.25, 0.3) is 0 Å². The van der Waals surface area contributed by atoms with Gasteiger partial charge < -0.3 is 14.5 Å². The summed E-state index contributed by atoms with van der Waals surface area (Å²) >= 11 is 7.45. The van der Waals surface area contributed by atoms with Crippen molar-refractivity contribution in [3.8, 4) is 5.75 Å². The van der Waals surface area contributed by atoms with Crippen LogP contribution in [-0.4, -0.2) is 41.3 Å². The SMILES string of the molecule is C=CCN(CC(=O)N(Cc1ccc(F)cc1)Cc1sccc1C)C(=O)COc1ccc(Cl)cc1. The molecule has 0 atom stereocenters. The van der Waals surface area contributed by atoms with Gasteiger partial charge in [0.05, 0.1) is 6.54 Å². The predicted octanol–water partition coefficient (Wildman–Crippen LogP) is 5.47. The maximum atomic E-state index is 13.4. The van der Waals surface area contributed by atoms with Crippen molar-refractivity contribution < 1.29 is 18.7 Å². The zero-order valence-corrected chi connectivity index (χ0v) is 20.4. The van der Waals surface area contributed by atoms with Crippen LogP contribution in [-0.2, 0) is 22.7 Å². The van der Waals surface area contributed by atoms with E-state index in [1.807, 2.05) is 18.4 Å². The van der Waals surface area contributed by atoms with Gasteiger partial charge in [-0.1, -0.05) is 29.8 Å². The van der Waals surface area contributed by atoms with Crippen molar-refractivity contribution in [2.75, 3.05) is 19.7 Å². The van der Waals surface area contributed by atoms with Crippen LogP contribution in [0.1, 0.15) is 16.0 Å².